The van der Waals surface area contributed by atoms with E-state index in [0.717, 1.165) is 30.4 Å². The molecule has 0 radical (unpaired) electrons. The number of hydrogen-bond donors (Lipinski definition) is 2. The minimum atomic E-state index is 0.182. The second kappa shape index (κ2) is 6.29. The van der Waals surface area contributed by atoms with Crippen LogP contribution in [0.2, 0.25) is 0 Å². The summed E-state index contributed by atoms with van der Waals surface area (Å²) in [5, 5.41) is 20.1. The molecule has 0 amide bonds. The zero-order valence-corrected chi connectivity index (χ0v) is 11.8. The van der Waals surface area contributed by atoms with E-state index in [0.29, 0.717) is 11.1 Å². The summed E-state index contributed by atoms with van der Waals surface area (Å²) < 4.78 is 0. The molecule has 0 saturated carbocycles. The van der Waals surface area contributed by atoms with E-state index in [4.69, 9.17) is 0 Å². The van der Waals surface area contributed by atoms with Gasteiger partial charge in [0, 0.05) is 11.1 Å². The molecule has 0 bridgehead atoms. The summed E-state index contributed by atoms with van der Waals surface area (Å²) in [6.45, 7) is 5.84. The number of allylic oxidation sites excluding steroid dienone is 1. The Morgan fingerprint density at radius 3 is 2.05 bits per heavy atom. The third kappa shape index (κ3) is 3.02. The van der Waals surface area contributed by atoms with Crippen molar-refractivity contribution in [1.82, 2.24) is 0 Å². The molecule has 2 nitrogen and oxygen atoms in total. The number of phenolic OH excluding ortho intramolecular Hbond substituents is 2. The van der Waals surface area contributed by atoms with Gasteiger partial charge >= 0.3 is 0 Å². The van der Waals surface area contributed by atoms with E-state index in [1.807, 2.05) is 30.3 Å². The Balaban J connectivity index is 2.51. The average molecular weight is 268 g/mol. The van der Waals surface area contributed by atoms with Gasteiger partial charge in [-0.05, 0) is 48.2 Å². The fourth-order valence-electron chi connectivity index (χ4n) is 2.34. The van der Waals surface area contributed by atoms with E-state index in [1.165, 1.54) is 0 Å². The maximum Gasteiger partial charge on any atom is 0.123 e. The van der Waals surface area contributed by atoms with Crippen LogP contribution in [0.3, 0.4) is 0 Å². The predicted molar refractivity (Wildman–Crippen MR) is 83.1 cm³/mol. The molecule has 0 saturated heterocycles. The van der Waals surface area contributed by atoms with Crippen LogP contribution in [0, 0.1) is 0 Å². The van der Waals surface area contributed by atoms with Crippen LogP contribution in [0.15, 0.2) is 49.1 Å². The largest absolute Gasteiger partial charge is 0.507 e. The van der Waals surface area contributed by atoms with Crippen molar-refractivity contribution < 1.29 is 10.2 Å². The van der Waals surface area contributed by atoms with Crippen molar-refractivity contribution in [2.75, 3.05) is 0 Å². The summed E-state index contributed by atoms with van der Waals surface area (Å²) in [7, 11) is 0. The van der Waals surface area contributed by atoms with E-state index < -0.39 is 0 Å². The molecule has 0 aliphatic rings. The molecule has 0 aliphatic heterocycles. The van der Waals surface area contributed by atoms with Crippen LogP contribution < -0.4 is 0 Å². The molecule has 0 atom stereocenters. The van der Waals surface area contributed by atoms with Crippen LogP contribution in [0.5, 0.6) is 11.5 Å². The van der Waals surface area contributed by atoms with Crippen LogP contribution in [0.4, 0.5) is 0 Å². The van der Waals surface area contributed by atoms with E-state index >= 15 is 0 Å². The summed E-state index contributed by atoms with van der Waals surface area (Å²) >= 11 is 0. The molecule has 20 heavy (non-hydrogen) atoms. The summed E-state index contributed by atoms with van der Waals surface area (Å²) in [5.74, 6) is 0.373. The molecule has 2 aromatic carbocycles. The first-order valence-corrected chi connectivity index (χ1v) is 6.90. The lowest BCUT2D eigenvalue weighted by atomic mass is 9.97. The second-order valence-corrected chi connectivity index (χ2v) is 4.95. The Kier molecular flexibility index (Phi) is 4.46. The van der Waals surface area contributed by atoms with Crippen LogP contribution >= 0.6 is 0 Å². The highest BCUT2D eigenvalue weighted by Crippen LogP contribution is 2.36. The van der Waals surface area contributed by atoms with Crippen molar-refractivity contribution in [3.63, 3.8) is 0 Å². The Morgan fingerprint density at radius 1 is 0.950 bits per heavy atom. The van der Waals surface area contributed by atoms with Gasteiger partial charge in [0.2, 0.25) is 0 Å². The Labute approximate surface area is 120 Å². The van der Waals surface area contributed by atoms with E-state index in [2.05, 4.69) is 13.5 Å². The highest BCUT2D eigenvalue weighted by atomic mass is 16.3. The Morgan fingerprint density at radius 2 is 1.50 bits per heavy atom. The molecule has 0 unspecified atom stereocenters. The van der Waals surface area contributed by atoms with Crippen molar-refractivity contribution in [2.24, 2.45) is 0 Å². The summed E-state index contributed by atoms with van der Waals surface area (Å²) in [6.07, 6.45) is 4.57. The highest BCUT2D eigenvalue weighted by molar-refractivity contribution is 5.76. The lowest BCUT2D eigenvalue weighted by Crippen LogP contribution is -1.89. The van der Waals surface area contributed by atoms with Crippen molar-refractivity contribution in [3.8, 4) is 22.6 Å². The first-order chi connectivity index (χ1) is 9.65. The van der Waals surface area contributed by atoms with Gasteiger partial charge in [0.15, 0.2) is 0 Å². The Bertz CT molecular complexity index is 615. The quantitative estimate of drug-likeness (QED) is 0.787. The molecular formula is C18H20O2. The topological polar surface area (TPSA) is 40.5 Å². The van der Waals surface area contributed by atoms with Crippen molar-refractivity contribution in [3.05, 3.63) is 60.2 Å². The number of aromatic hydroxyl groups is 2. The molecule has 2 N–H and O–H groups in total. The number of rotatable bonds is 5. The monoisotopic (exact) mass is 268 g/mol. The van der Waals surface area contributed by atoms with Crippen molar-refractivity contribution >= 4 is 0 Å². The van der Waals surface area contributed by atoms with E-state index in [1.54, 1.807) is 12.1 Å². The minimum Gasteiger partial charge on any atom is -0.507 e. The van der Waals surface area contributed by atoms with E-state index in [-0.39, 0.29) is 11.5 Å². The van der Waals surface area contributed by atoms with E-state index in [9.17, 15) is 10.2 Å². The smallest absolute Gasteiger partial charge is 0.123 e. The third-order valence-corrected chi connectivity index (χ3v) is 3.33. The first-order valence-electron chi connectivity index (χ1n) is 6.90. The van der Waals surface area contributed by atoms with Gasteiger partial charge in [0.1, 0.15) is 11.5 Å². The minimum absolute atomic E-state index is 0.182. The van der Waals surface area contributed by atoms with Crippen LogP contribution in [0.1, 0.15) is 24.5 Å². The number of phenols is 2. The fraction of sp³-hybridized carbons (Fsp3) is 0.222. The lowest BCUT2D eigenvalue weighted by molar-refractivity contribution is 0.469. The second-order valence-electron chi connectivity index (χ2n) is 4.95. The first kappa shape index (κ1) is 14.2. The van der Waals surface area contributed by atoms with Crippen LogP contribution in [-0.4, -0.2) is 10.2 Å². The fourth-order valence-corrected chi connectivity index (χ4v) is 2.34. The molecule has 0 spiro atoms. The SMILES string of the molecule is C=CCc1ccc(O)c(-c2cc(CCC)ccc2O)c1. The molecule has 2 aromatic rings. The predicted octanol–water partition coefficient (Wildman–Crippen LogP) is 4.45. The number of benzene rings is 2. The molecule has 2 rings (SSSR count). The lowest BCUT2D eigenvalue weighted by Gasteiger charge is -2.11. The highest BCUT2D eigenvalue weighted by Gasteiger charge is 2.10. The van der Waals surface area contributed by atoms with Gasteiger partial charge in [-0.2, -0.15) is 0 Å². The zero-order valence-electron chi connectivity index (χ0n) is 11.8. The summed E-state index contributed by atoms with van der Waals surface area (Å²) in [6, 6.07) is 11.0. The van der Waals surface area contributed by atoms with Crippen molar-refractivity contribution in [2.45, 2.75) is 26.2 Å². The number of aryl methyl sites for hydroxylation is 1. The zero-order chi connectivity index (χ0) is 14.5. The normalized spacial score (nSPS) is 10.4. The molecule has 0 aliphatic carbocycles. The van der Waals surface area contributed by atoms with Crippen molar-refractivity contribution in [1.29, 1.82) is 0 Å². The van der Waals surface area contributed by atoms with Gasteiger partial charge in [-0.1, -0.05) is 31.6 Å². The van der Waals surface area contributed by atoms with Gasteiger partial charge in [-0.25, -0.2) is 0 Å². The Hall–Kier alpha value is -2.22. The maximum absolute atomic E-state index is 10.1. The van der Waals surface area contributed by atoms with Gasteiger partial charge in [0.25, 0.3) is 0 Å². The van der Waals surface area contributed by atoms with Crippen LogP contribution in [-0.2, 0) is 12.8 Å². The summed E-state index contributed by atoms with van der Waals surface area (Å²) in [5.41, 5.74) is 3.57. The average Bonchev–Trinajstić information content (AvgIpc) is 2.44. The number of hydrogen-bond acceptors (Lipinski definition) is 2. The molecule has 2 heteroatoms. The van der Waals surface area contributed by atoms with Crippen LogP contribution in [0.25, 0.3) is 11.1 Å². The third-order valence-electron chi connectivity index (χ3n) is 3.33. The molecule has 104 valence electrons. The molecule has 0 heterocycles. The molecule has 0 aromatic heterocycles. The maximum atomic E-state index is 10.1. The molecule has 0 fully saturated rings. The van der Waals surface area contributed by atoms with Gasteiger partial charge in [0.05, 0.1) is 0 Å². The standard InChI is InChI=1S/C18H20O2/c1-3-5-13-7-9-17(19)15(11-13)16-12-14(6-4-2)8-10-18(16)20/h3,7-12,19-20H,1,4-6H2,2H3. The van der Waals surface area contributed by atoms with Gasteiger partial charge < -0.3 is 10.2 Å². The molecular weight excluding hydrogens is 248 g/mol. The van der Waals surface area contributed by atoms with Gasteiger partial charge in [-0.3, -0.25) is 0 Å². The summed E-state index contributed by atoms with van der Waals surface area (Å²) in [4.78, 5) is 0. The van der Waals surface area contributed by atoms with Gasteiger partial charge in [-0.15, -0.1) is 6.58 Å².